The first-order valence-electron chi connectivity index (χ1n) is 2.66. The minimum absolute atomic E-state index is 0.278. The Morgan fingerprint density at radius 3 is 2.86 bits per heavy atom. The van der Waals surface area contributed by atoms with Crippen LogP contribution in [-0.4, -0.2) is 0 Å². The van der Waals surface area contributed by atoms with Crippen molar-refractivity contribution in [1.29, 1.82) is 5.26 Å². The lowest BCUT2D eigenvalue weighted by atomic mass is 10.1. The third-order valence-corrected chi connectivity index (χ3v) is 1.34. The topological polar surface area (TPSA) is 23.8 Å². The van der Waals surface area contributed by atoms with Crippen LogP contribution in [0.2, 0.25) is 0 Å². The summed E-state index contributed by atoms with van der Waals surface area (Å²) in [6.45, 7) is 0. The average molecular weight is 94.1 g/mol. The van der Waals surface area contributed by atoms with Crippen molar-refractivity contribution in [2.45, 2.75) is 19.3 Å². The van der Waals surface area contributed by atoms with Gasteiger partial charge >= 0.3 is 0 Å². The zero-order valence-corrected chi connectivity index (χ0v) is 4.22. The standard InChI is InChI=1S/C6H8N/c7-5-6-3-1-2-4-6/h3,6H,1-2,4H2/t6-/m1/s1. The lowest BCUT2D eigenvalue weighted by Gasteiger charge is -1.87. The van der Waals surface area contributed by atoms with Gasteiger partial charge in [-0.1, -0.05) is 6.42 Å². The Morgan fingerprint density at radius 2 is 2.57 bits per heavy atom. The molecule has 1 saturated carbocycles. The van der Waals surface area contributed by atoms with Gasteiger partial charge in [0, 0.05) is 5.92 Å². The minimum Gasteiger partial charge on any atom is -0.198 e. The van der Waals surface area contributed by atoms with E-state index in [2.05, 4.69) is 12.5 Å². The normalized spacial score (nSPS) is 22.1. The highest BCUT2D eigenvalue weighted by atomic mass is 14.3. The van der Waals surface area contributed by atoms with E-state index in [1.807, 2.05) is 0 Å². The third kappa shape index (κ3) is 0.928. The van der Waals surface area contributed by atoms with E-state index in [0.717, 1.165) is 12.8 Å². The Kier molecular flexibility index (Phi) is 1.31. The molecule has 0 aliphatic heterocycles. The zero-order valence-electron chi connectivity index (χ0n) is 4.22. The van der Waals surface area contributed by atoms with Crippen molar-refractivity contribution in [3.05, 3.63) is 6.42 Å². The summed E-state index contributed by atoms with van der Waals surface area (Å²) in [5, 5.41) is 8.28. The second-order valence-corrected chi connectivity index (χ2v) is 1.90. The van der Waals surface area contributed by atoms with Crippen LogP contribution in [0.4, 0.5) is 0 Å². The SMILES string of the molecule is N#C[C@@H]1[CH]CCC1. The second kappa shape index (κ2) is 1.97. The molecule has 0 bridgehead atoms. The fraction of sp³-hybridized carbons (Fsp3) is 0.667. The van der Waals surface area contributed by atoms with Gasteiger partial charge < -0.3 is 0 Å². The predicted molar refractivity (Wildman–Crippen MR) is 27.3 cm³/mol. The number of hydrogen-bond acceptors (Lipinski definition) is 1. The van der Waals surface area contributed by atoms with Gasteiger partial charge in [-0.05, 0) is 19.3 Å². The highest BCUT2D eigenvalue weighted by Gasteiger charge is 2.12. The first-order chi connectivity index (χ1) is 3.43. The lowest BCUT2D eigenvalue weighted by molar-refractivity contribution is 0.776. The molecule has 37 valence electrons. The van der Waals surface area contributed by atoms with Crippen molar-refractivity contribution < 1.29 is 0 Å². The van der Waals surface area contributed by atoms with Crippen molar-refractivity contribution >= 4 is 0 Å². The maximum absolute atomic E-state index is 8.28. The average Bonchev–Trinajstić information content (AvgIpc) is 2.14. The van der Waals surface area contributed by atoms with Crippen LogP contribution in [0.25, 0.3) is 0 Å². The summed E-state index contributed by atoms with van der Waals surface area (Å²) in [7, 11) is 0. The van der Waals surface area contributed by atoms with Gasteiger partial charge in [0.1, 0.15) is 0 Å². The van der Waals surface area contributed by atoms with E-state index >= 15 is 0 Å². The molecule has 0 N–H and O–H groups in total. The molecule has 1 atom stereocenters. The molecule has 0 amide bonds. The van der Waals surface area contributed by atoms with Gasteiger partial charge in [-0.2, -0.15) is 5.26 Å². The number of rotatable bonds is 0. The van der Waals surface area contributed by atoms with Gasteiger partial charge in [0.25, 0.3) is 0 Å². The van der Waals surface area contributed by atoms with Crippen molar-refractivity contribution in [2.75, 3.05) is 0 Å². The maximum atomic E-state index is 8.28. The first-order valence-corrected chi connectivity index (χ1v) is 2.66. The summed E-state index contributed by atoms with van der Waals surface area (Å²) >= 11 is 0. The molecule has 0 saturated heterocycles. The molecule has 0 aromatic heterocycles. The summed E-state index contributed by atoms with van der Waals surface area (Å²) in [5.74, 6) is 0.278. The highest BCUT2D eigenvalue weighted by Crippen LogP contribution is 2.21. The molecule has 0 heterocycles. The Labute approximate surface area is 44.0 Å². The number of nitrogens with zero attached hydrogens (tertiary/aromatic N) is 1. The molecule has 0 spiro atoms. The van der Waals surface area contributed by atoms with Gasteiger partial charge in [0.05, 0.1) is 6.07 Å². The van der Waals surface area contributed by atoms with E-state index in [-0.39, 0.29) is 5.92 Å². The second-order valence-electron chi connectivity index (χ2n) is 1.90. The Balaban J connectivity index is 2.31. The van der Waals surface area contributed by atoms with Crippen LogP contribution >= 0.6 is 0 Å². The van der Waals surface area contributed by atoms with E-state index in [9.17, 15) is 0 Å². The van der Waals surface area contributed by atoms with Gasteiger partial charge in [-0.25, -0.2) is 0 Å². The summed E-state index contributed by atoms with van der Waals surface area (Å²) < 4.78 is 0. The van der Waals surface area contributed by atoms with Gasteiger partial charge in [0.15, 0.2) is 0 Å². The predicted octanol–water partition coefficient (Wildman–Crippen LogP) is 1.51. The van der Waals surface area contributed by atoms with Crippen LogP contribution in [0.3, 0.4) is 0 Å². The summed E-state index contributed by atoms with van der Waals surface area (Å²) in [5.41, 5.74) is 0. The van der Waals surface area contributed by atoms with Crippen molar-refractivity contribution in [3.8, 4) is 6.07 Å². The minimum atomic E-state index is 0.278. The van der Waals surface area contributed by atoms with Crippen LogP contribution < -0.4 is 0 Å². The molecule has 1 aliphatic rings. The molecule has 7 heavy (non-hydrogen) atoms. The molecule has 1 aliphatic carbocycles. The molecular formula is C6H8N. The van der Waals surface area contributed by atoms with E-state index in [4.69, 9.17) is 5.26 Å². The zero-order chi connectivity index (χ0) is 5.11. The van der Waals surface area contributed by atoms with Crippen LogP contribution in [-0.2, 0) is 0 Å². The van der Waals surface area contributed by atoms with E-state index in [1.165, 1.54) is 6.42 Å². The molecule has 1 heteroatoms. The maximum Gasteiger partial charge on any atom is 0.0658 e. The molecule has 1 nitrogen and oxygen atoms in total. The van der Waals surface area contributed by atoms with Crippen LogP contribution in [0.5, 0.6) is 0 Å². The van der Waals surface area contributed by atoms with Crippen LogP contribution in [0.1, 0.15) is 19.3 Å². The Morgan fingerprint density at radius 1 is 1.71 bits per heavy atom. The molecule has 1 radical (unpaired) electrons. The molecule has 1 fully saturated rings. The van der Waals surface area contributed by atoms with Gasteiger partial charge in [-0.15, -0.1) is 0 Å². The molecule has 0 unspecified atom stereocenters. The smallest absolute Gasteiger partial charge is 0.0658 e. The number of hydrogen-bond donors (Lipinski definition) is 0. The molecular weight excluding hydrogens is 86.1 g/mol. The van der Waals surface area contributed by atoms with E-state index in [0.29, 0.717) is 0 Å². The quantitative estimate of drug-likeness (QED) is 0.446. The van der Waals surface area contributed by atoms with Crippen LogP contribution in [0.15, 0.2) is 0 Å². The molecule has 1 rings (SSSR count). The summed E-state index contributed by atoms with van der Waals surface area (Å²) in [6.07, 6.45) is 5.56. The largest absolute Gasteiger partial charge is 0.198 e. The summed E-state index contributed by atoms with van der Waals surface area (Å²) in [6, 6.07) is 2.21. The lowest BCUT2D eigenvalue weighted by Crippen LogP contribution is -1.84. The first kappa shape index (κ1) is 4.64. The summed E-state index contributed by atoms with van der Waals surface area (Å²) in [4.78, 5) is 0. The van der Waals surface area contributed by atoms with Gasteiger partial charge in [-0.3, -0.25) is 0 Å². The van der Waals surface area contributed by atoms with Crippen LogP contribution in [0, 0.1) is 23.7 Å². The monoisotopic (exact) mass is 94.1 g/mol. The molecule has 0 aromatic rings. The highest BCUT2D eigenvalue weighted by molar-refractivity contribution is 4.97. The third-order valence-electron chi connectivity index (χ3n) is 1.34. The number of nitriles is 1. The van der Waals surface area contributed by atoms with Crippen molar-refractivity contribution in [3.63, 3.8) is 0 Å². The fourth-order valence-electron chi connectivity index (χ4n) is 0.892. The molecule has 0 aromatic carbocycles. The van der Waals surface area contributed by atoms with E-state index in [1.54, 1.807) is 0 Å². The fourth-order valence-corrected chi connectivity index (χ4v) is 0.892. The van der Waals surface area contributed by atoms with Crippen molar-refractivity contribution in [1.82, 2.24) is 0 Å². The van der Waals surface area contributed by atoms with E-state index < -0.39 is 0 Å². The Bertz CT molecular complexity index is 84.8. The van der Waals surface area contributed by atoms with Crippen molar-refractivity contribution in [2.24, 2.45) is 5.92 Å². The Hall–Kier alpha value is -0.510. The van der Waals surface area contributed by atoms with Gasteiger partial charge in [0.2, 0.25) is 0 Å².